The van der Waals surface area contributed by atoms with Crippen LogP contribution in [0.4, 0.5) is 0 Å². The Morgan fingerprint density at radius 1 is 0.952 bits per heavy atom. The molecule has 0 spiro atoms. The van der Waals surface area contributed by atoms with Crippen LogP contribution in [0.3, 0.4) is 0 Å². The number of ether oxygens (including phenoxy) is 1. The maximum absolute atomic E-state index is 12.1. The van der Waals surface area contributed by atoms with E-state index in [0.29, 0.717) is 16.6 Å². The van der Waals surface area contributed by atoms with E-state index in [9.17, 15) is 4.79 Å². The fourth-order valence-electron chi connectivity index (χ4n) is 4.15. The molecule has 0 saturated heterocycles. The Kier molecular flexibility index (Phi) is 7.41. The minimum absolute atomic E-state index is 0.0473. The maximum Gasteiger partial charge on any atom is 0.311 e. The number of carbonyl (C=O) groups is 1. The standard InChI is InChI=1S/C17H34O3Si/c1-13(2)21(14(3)4,15(5)6)20-12-19-17(18)16-10-8-7-9-11-16/h13-16H,7-12H2,1-6H3. The first-order valence-electron chi connectivity index (χ1n) is 8.63. The number of rotatable bonds is 7. The first-order chi connectivity index (χ1) is 9.82. The highest BCUT2D eigenvalue weighted by molar-refractivity contribution is 6.77. The van der Waals surface area contributed by atoms with Gasteiger partial charge in [0.2, 0.25) is 8.32 Å². The van der Waals surface area contributed by atoms with E-state index in [-0.39, 0.29) is 18.7 Å². The minimum atomic E-state index is -1.92. The summed E-state index contributed by atoms with van der Waals surface area (Å²) in [7, 11) is -1.92. The molecule has 1 aliphatic rings. The molecule has 4 heteroatoms. The Morgan fingerprint density at radius 2 is 1.43 bits per heavy atom. The molecule has 21 heavy (non-hydrogen) atoms. The normalized spacial score (nSPS) is 17.8. The second kappa shape index (κ2) is 8.32. The molecule has 0 bridgehead atoms. The summed E-state index contributed by atoms with van der Waals surface area (Å²) in [5.74, 6) is 0.0597. The van der Waals surface area contributed by atoms with E-state index in [1.165, 1.54) is 6.42 Å². The summed E-state index contributed by atoms with van der Waals surface area (Å²) in [6, 6.07) is 0. The molecule has 1 fully saturated rings. The SMILES string of the molecule is CC(C)[Si](OCOC(=O)C1CCCCC1)(C(C)C)C(C)C. The van der Waals surface area contributed by atoms with Crippen LogP contribution in [0.15, 0.2) is 0 Å². The quantitative estimate of drug-likeness (QED) is 0.365. The Morgan fingerprint density at radius 3 is 1.86 bits per heavy atom. The summed E-state index contributed by atoms with van der Waals surface area (Å²) in [6.07, 6.45) is 5.54. The Hall–Kier alpha value is -0.353. The lowest BCUT2D eigenvalue weighted by Gasteiger charge is -2.41. The van der Waals surface area contributed by atoms with Crippen molar-refractivity contribution >= 4 is 14.3 Å². The second-order valence-electron chi connectivity index (χ2n) is 7.38. The van der Waals surface area contributed by atoms with E-state index in [2.05, 4.69) is 41.5 Å². The lowest BCUT2D eigenvalue weighted by molar-refractivity contribution is -0.157. The molecular formula is C17H34O3Si. The number of hydrogen-bond donors (Lipinski definition) is 0. The maximum atomic E-state index is 12.1. The first-order valence-corrected chi connectivity index (χ1v) is 10.8. The Balaban J connectivity index is 2.55. The lowest BCUT2D eigenvalue weighted by atomic mass is 9.89. The molecule has 0 aromatic rings. The summed E-state index contributed by atoms with van der Waals surface area (Å²) in [6.45, 7) is 13.6. The van der Waals surface area contributed by atoms with Crippen molar-refractivity contribution in [3.8, 4) is 0 Å². The van der Waals surface area contributed by atoms with Crippen LogP contribution in [-0.2, 0) is 14.0 Å². The predicted octanol–water partition coefficient (Wildman–Crippen LogP) is 5.26. The van der Waals surface area contributed by atoms with Gasteiger partial charge in [-0.1, -0.05) is 60.8 Å². The minimum Gasteiger partial charge on any atom is -0.439 e. The average molecular weight is 315 g/mol. The molecule has 0 heterocycles. The zero-order chi connectivity index (χ0) is 16.0. The van der Waals surface area contributed by atoms with Gasteiger partial charge in [0.15, 0.2) is 6.79 Å². The lowest BCUT2D eigenvalue weighted by Crippen LogP contribution is -2.48. The van der Waals surface area contributed by atoms with Crippen molar-refractivity contribution in [3.05, 3.63) is 0 Å². The van der Waals surface area contributed by atoms with Crippen LogP contribution in [0.25, 0.3) is 0 Å². The molecular weight excluding hydrogens is 280 g/mol. The van der Waals surface area contributed by atoms with Crippen molar-refractivity contribution in [2.45, 2.75) is 90.3 Å². The van der Waals surface area contributed by atoms with Gasteiger partial charge in [-0.05, 0) is 29.5 Å². The smallest absolute Gasteiger partial charge is 0.311 e. The van der Waals surface area contributed by atoms with Crippen molar-refractivity contribution in [2.24, 2.45) is 5.92 Å². The molecule has 3 nitrogen and oxygen atoms in total. The van der Waals surface area contributed by atoms with Crippen LogP contribution >= 0.6 is 0 Å². The number of hydrogen-bond acceptors (Lipinski definition) is 3. The zero-order valence-electron chi connectivity index (χ0n) is 14.8. The highest BCUT2D eigenvalue weighted by Crippen LogP contribution is 2.42. The van der Waals surface area contributed by atoms with Crippen LogP contribution in [0, 0.1) is 5.92 Å². The van der Waals surface area contributed by atoms with Crippen LogP contribution in [-0.4, -0.2) is 21.1 Å². The largest absolute Gasteiger partial charge is 0.439 e. The van der Waals surface area contributed by atoms with Gasteiger partial charge in [0.25, 0.3) is 0 Å². The molecule has 0 aliphatic heterocycles. The average Bonchev–Trinajstić information content (AvgIpc) is 2.43. The number of carbonyl (C=O) groups excluding carboxylic acids is 1. The summed E-state index contributed by atoms with van der Waals surface area (Å²) in [5.41, 5.74) is 1.56. The molecule has 0 amide bonds. The molecule has 1 aliphatic carbocycles. The van der Waals surface area contributed by atoms with E-state index in [4.69, 9.17) is 9.16 Å². The molecule has 0 atom stereocenters. The molecule has 1 saturated carbocycles. The van der Waals surface area contributed by atoms with Crippen molar-refractivity contribution < 1.29 is 14.0 Å². The van der Waals surface area contributed by atoms with Crippen molar-refractivity contribution in [1.82, 2.24) is 0 Å². The number of esters is 1. The van der Waals surface area contributed by atoms with Gasteiger partial charge in [-0.2, -0.15) is 0 Å². The molecule has 0 aromatic carbocycles. The molecule has 124 valence electrons. The fraction of sp³-hybridized carbons (Fsp3) is 0.941. The summed E-state index contributed by atoms with van der Waals surface area (Å²) in [4.78, 5) is 12.1. The van der Waals surface area contributed by atoms with Gasteiger partial charge in [-0.3, -0.25) is 4.79 Å². The van der Waals surface area contributed by atoms with Crippen LogP contribution in [0.2, 0.25) is 16.6 Å². The highest BCUT2D eigenvalue weighted by Gasteiger charge is 2.45. The fourth-order valence-corrected chi connectivity index (χ4v) is 9.41. The van der Waals surface area contributed by atoms with Crippen molar-refractivity contribution in [3.63, 3.8) is 0 Å². The van der Waals surface area contributed by atoms with Crippen LogP contribution in [0.1, 0.15) is 73.6 Å². The molecule has 0 unspecified atom stereocenters. The Bertz CT molecular complexity index is 298. The predicted molar refractivity (Wildman–Crippen MR) is 89.7 cm³/mol. The Labute approximate surface area is 131 Å². The second-order valence-corrected chi connectivity index (χ2v) is 12.8. The van der Waals surface area contributed by atoms with Crippen LogP contribution < -0.4 is 0 Å². The first kappa shape index (κ1) is 18.7. The van der Waals surface area contributed by atoms with Gasteiger partial charge in [-0.15, -0.1) is 0 Å². The third-order valence-corrected chi connectivity index (χ3v) is 11.2. The van der Waals surface area contributed by atoms with Gasteiger partial charge in [0.05, 0.1) is 5.92 Å². The van der Waals surface area contributed by atoms with E-state index >= 15 is 0 Å². The van der Waals surface area contributed by atoms with E-state index in [0.717, 1.165) is 25.7 Å². The third-order valence-electron chi connectivity index (χ3n) is 5.16. The van der Waals surface area contributed by atoms with Crippen molar-refractivity contribution in [1.29, 1.82) is 0 Å². The summed E-state index contributed by atoms with van der Waals surface area (Å²) >= 11 is 0. The van der Waals surface area contributed by atoms with E-state index < -0.39 is 8.32 Å². The van der Waals surface area contributed by atoms with Crippen molar-refractivity contribution in [2.75, 3.05) is 6.79 Å². The van der Waals surface area contributed by atoms with Gasteiger partial charge >= 0.3 is 5.97 Å². The molecule has 0 aromatic heterocycles. The van der Waals surface area contributed by atoms with Gasteiger partial charge in [0.1, 0.15) is 0 Å². The third kappa shape index (κ3) is 4.56. The summed E-state index contributed by atoms with van der Waals surface area (Å²) < 4.78 is 11.7. The molecule has 1 rings (SSSR count). The van der Waals surface area contributed by atoms with Gasteiger partial charge < -0.3 is 9.16 Å². The molecule has 0 radical (unpaired) electrons. The monoisotopic (exact) mass is 314 g/mol. The zero-order valence-corrected chi connectivity index (χ0v) is 15.8. The van der Waals surface area contributed by atoms with Crippen LogP contribution in [0.5, 0.6) is 0 Å². The topological polar surface area (TPSA) is 35.5 Å². The highest BCUT2D eigenvalue weighted by atomic mass is 28.4. The van der Waals surface area contributed by atoms with Gasteiger partial charge in [0, 0.05) is 0 Å². The van der Waals surface area contributed by atoms with E-state index in [1.54, 1.807) is 0 Å². The summed E-state index contributed by atoms with van der Waals surface area (Å²) in [5, 5.41) is 0. The van der Waals surface area contributed by atoms with Gasteiger partial charge in [-0.25, -0.2) is 0 Å². The van der Waals surface area contributed by atoms with E-state index in [1.807, 2.05) is 0 Å². The molecule has 0 N–H and O–H groups in total.